The number of oxime groups is 1. The first kappa shape index (κ1) is 43.2. The van der Waals surface area contributed by atoms with Gasteiger partial charge in [0, 0.05) is 25.5 Å². The molecular weight excluding hydrogens is 747 g/mol. The quantitative estimate of drug-likeness (QED) is 0.0557. The molecule has 15 nitrogen and oxygen atoms in total. The van der Waals surface area contributed by atoms with E-state index in [2.05, 4.69) is 26.1 Å². The molecule has 4 amide bonds. The van der Waals surface area contributed by atoms with Gasteiger partial charge in [0.05, 0.1) is 41.5 Å². The predicted octanol–water partition coefficient (Wildman–Crippen LogP) is 4.81. The van der Waals surface area contributed by atoms with Gasteiger partial charge in [-0.2, -0.15) is 4.31 Å². The molecule has 300 valence electrons. The Bertz CT molecular complexity index is 1840. The number of benzene rings is 2. The lowest BCUT2D eigenvalue weighted by molar-refractivity contribution is -0.125. The smallest absolute Gasteiger partial charge is 0.405 e. The summed E-state index contributed by atoms with van der Waals surface area (Å²) in [4.78, 5) is 44.5. The van der Waals surface area contributed by atoms with E-state index in [-0.39, 0.29) is 42.8 Å². The number of hydrogen-bond donors (Lipinski definition) is 6. The Morgan fingerprint density at radius 2 is 1.71 bits per heavy atom. The highest BCUT2D eigenvalue weighted by molar-refractivity contribution is 7.89. The number of aromatic nitrogens is 1. The monoisotopic (exact) mass is 799 g/mol. The largest absolute Gasteiger partial charge is 0.465 e. The number of carboxylic acid groups (broad SMARTS) is 1. The predicted molar refractivity (Wildman–Crippen MR) is 210 cm³/mol. The summed E-state index contributed by atoms with van der Waals surface area (Å²) in [5, 5.41) is 43.3. The fourth-order valence-corrected chi connectivity index (χ4v) is 8.91. The third-order valence-electron chi connectivity index (χ3n) is 9.94. The highest BCUT2D eigenvalue weighted by Gasteiger charge is 2.35. The lowest BCUT2D eigenvalue weighted by atomic mass is 9.96. The second kappa shape index (κ2) is 20.4. The van der Waals surface area contributed by atoms with Crippen molar-refractivity contribution in [3.63, 3.8) is 0 Å². The van der Waals surface area contributed by atoms with Crippen LogP contribution in [0.5, 0.6) is 0 Å². The van der Waals surface area contributed by atoms with Crippen LogP contribution in [0.2, 0.25) is 0 Å². The summed E-state index contributed by atoms with van der Waals surface area (Å²) in [5.74, 6) is -0.710. The Morgan fingerprint density at radius 1 is 1.04 bits per heavy atom. The molecule has 1 saturated carbocycles. The molecule has 17 heteroatoms. The first-order chi connectivity index (χ1) is 26.2. The van der Waals surface area contributed by atoms with Gasteiger partial charge < -0.3 is 36.3 Å². The van der Waals surface area contributed by atoms with Crippen molar-refractivity contribution in [3.05, 3.63) is 81.8 Å². The van der Waals surface area contributed by atoms with Crippen molar-refractivity contribution in [1.82, 2.24) is 30.1 Å². The number of urea groups is 1. The van der Waals surface area contributed by atoms with Crippen molar-refractivity contribution in [3.8, 4) is 0 Å². The number of thiazole rings is 1. The summed E-state index contributed by atoms with van der Waals surface area (Å²) >= 11 is 1.27. The van der Waals surface area contributed by atoms with Gasteiger partial charge in [0.15, 0.2) is 0 Å². The molecule has 1 fully saturated rings. The van der Waals surface area contributed by atoms with Crippen molar-refractivity contribution in [1.29, 1.82) is 0 Å². The molecule has 1 aliphatic carbocycles. The molecule has 0 unspecified atom stereocenters. The van der Waals surface area contributed by atoms with Crippen molar-refractivity contribution in [2.75, 3.05) is 20.1 Å². The van der Waals surface area contributed by atoms with Crippen LogP contribution in [-0.4, -0.2) is 101 Å². The minimum absolute atomic E-state index is 0.0282. The van der Waals surface area contributed by atoms with Crippen LogP contribution in [0.25, 0.3) is 0 Å². The number of aliphatic hydroxyl groups is 1. The zero-order valence-electron chi connectivity index (χ0n) is 31.7. The highest BCUT2D eigenvalue weighted by Crippen LogP contribution is 2.28. The maximum atomic E-state index is 14.1. The lowest BCUT2D eigenvalue weighted by Gasteiger charge is -2.33. The van der Waals surface area contributed by atoms with Crippen LogP contribution in [0.15, 0.2) is 70.0 Å². The van der Waals surface area contributed by atoms with E-state index in [4.69, 9.17) is 10.3 Å². The Kier molecular flexibility index (Phi) is 16.0. The van der Waals surface area contributed by atoms with E-state index in [0.29, 0.717) is 22.7 Å². The van der Waals surface area contributed by atoms with Crippen LogP contribution in [0, 0.1) is 11.8 Å². The van der Waals surface area contributed by atoms with Crippen LogP contribution in [-0.2, 0) is 27.8 Å². The zero-order chi connectivity index (χ0) is 40.1. The van der Waals surface area contributed by atoms with Crippen molar-refractivity contribution >= 4 is 45.6 Å². The number of carbonyl (C=O) groups excluding carboxylic acids is 2. The Morgan fingerprint density at radius 3 is 2.33 bits per heavy atom. The summed E-state index contributed by atoms with van der Waals surface area (Å²) in [6, 6.07) is 12.2. The molecule has 2 aromatic carbocycles. The first-order valence-electron chi connectivity index (χ1n) is 18.5. The zero-order valence-corrected chi connectivity index (χ0v) is 33.3. The molecule has 55 heavy (non-hydrogen) atoms. The summed E-state index contributed by atoms with van der Waals surface area (Å²) in [7, 11) is -2.52. The van der Waals surface area contributed by atoms with Crippen LogP contribution in [0.4, 0.5) is 9.59 Å². The molecular formula is C38H53N7O8S2. The van der Waals surface area contributed by atoms with E-state index >= 15 is 0 Å². The van der Waals surface area contributed by atoms with Gasteiger partial charge in [0.1, 0.15) is 11.0 Å². The number of sulfonamides is 1. The highest BCUT2D eigenvalue weighted by atomic mass is 32.2. The van der Waals surface area contributed by atoms with Gasteiger partial charge in [-0.05, 0) is 61.3 Å². The SMILES string of the molecule is CC[C@H](C)[C@H](NC(=O)N(C)Cc1csc([C@H](C)NC(=O)O)n1)C(=O)N[C@@H](Cc1ccccc1)[C@H](O)CN(CC1CCCC1)S(=O)(=O)c1ccc(/C=N/O)cc1. The number of aliphatic hydroxyl groups excluding tert-OH is 1. The van der Waals surface area contributed by atoms with E-state index in [1.54, 1.807) is 19.4 Å². The number of nitrogens with one attached hydrogen (secondary N) is 3. The van der Waals surface area contributed by atoms with Crippen LogP contribution in [0.1, 0.15) is 80.7 Å². The lowest BCUT2D eigenvalue weighted by Crippen LogP contribution is -2.58. The van der Waals surface area contributed by atoms with Gasteiger partial charge >= 0.3 is 12.1 Å². The van der Waals surface area contributed by atoms with Crippen LogP contribution in [0.3, 0.4) is 0 Å². The van der Waals surface area contributed by atoms with Crippen molar-refractivity contribution in [2.24, 2.45) is 17.0 Å². The van der Waals surface area contributed by atoms with Gasteiger partial charge in [0.25, 0.3) is 0 Å². The third-order valence-corrected chi connectivity index (χ3v) is 12.9. The van der Waals surface area contributed by atoms with E-state index in [1.807, 2.05) is 44.2 Å². The van der Waals surface area contributed by atoms with Crippen molar-refractivity contribution in [2.45, 2.75) is 95.0 Å². The average Bonchev–Trinajstić information content (AvgIpc) is 3.86. The van der Waals surface area contributed by atoms with E-state index < -0.39 is 52.3 Å². The molecule has 0 bridgehead atoms. The Labute approximate surface area is 326 Å². The number of rotatable bonds is 19. The molecule has 0 saturated heterocycles. The molecule has 0 spiro atoms. The summed E-state index contributed by atoms with van der Waals surface area (Å²) in [5.41, 5.74) is 1.89. The molecule has 1 heterocycles. The number of amides is 4. The second-order valence-electron chi connectivity index (χ2n) is 14.2. The first-order valence-corrected chi connectivity index (χ1v) is 20.8. The molecule has 4 rings (SSSR count). The van der Waals surface area contributed by atoms with Gasteiger partial charge in [0.2, 0.25) is 15.9 Å². The fourth-order valence-electron chi connectivity index (χ4n) is 6.55. The minimum Gasteiger partial charge on any atom is -0.465 e. The van der Waals surface area contributed by atoms with Gasteiger partial charge in [-0.15, -0.1) is 11.3 Å². The molecule has 6 N–H and O–H groups in total. The number of carbonyl (C=O) groups is 3. The fraction of sp³-hybridized carbons (Fsp3) is 0.500. The average molecular weight is 800 g/mol. The normalized spacial score (nSPS) is 16.3. The number of nitrogens with zero attached hydrogens (tertiary/aromatic N) is 4. The second-order valence-corrected chi connectivity index (χ2v) is 17.0. The third kappa shape index (κ3) is 12.5. The maximum Gasteiger partial charge on any atom is 0.405 e. The Balaban J connectivity index is 1.54. The number of hydrogen-bond acceptors (Lipinski definition) is 10. The molecule has 1 aliphatic rings. The van der Waals surface area contributed by atoms with Gasteiger partial charge in [-0.3, -0.25) is 4.79 Å². The molecule has 1 aromatic heterocycles. The molecule has 0 aliphatic heterocycles. The van der Waals surface area contributed by atoms with Crippen LogP contribution < -0.4 is 16.0 Å². The van der Waals surface area contributed by atoms with Gasteiger partial charge in [-0.1, -0.05) is 80.7 Å². The van der Waals surface area contributed by atoms with E-state index in [9.17, 15) is 27.9 Å². The van der Waals surface area contributed by atoms with E-state index in [1.165, 1.54) is 51.0 Å². The molecule has 5 atom stereocenters. The standard InChI is InChI=1S/C38H53N7O8S2/c1-5-25(2)34(43-37(48)44(4)22-30-24-54-36(41-30)26(3)40-38(49)50)35(47)42-32(19-27-11-7-6-8-12-27)33(46)23-45(21-29-13-9-10-14-29)55(52,53)31-17-15-28(16-18-31)20-39-51/h6-8,11-12,15-18,20,24-26,29,32-34,40,46,51H,5,9-10,13-14,19,21-23H2,1-4H3,(H,42,47)(H,43,48)(H,49,50)/b39-20+/t25-,26-,32-,33+,34-/m0/s1. The topological polar surface area (TPSA) is 214 Å². The van der Waals surface area contributed by atoms with Crippen LogP contribution >= 0.6 is 11.3 Å². The maximum absolute atomic E-state index is 14.1. The Hall–Kier alpha value is -4.58. The van der Waals surface area contributed by atoms with Crippen molar-refractivity contribution < 1.29 is 38.2 Å². The van der Waals surface area contributed by atoms with Gasteiger partial charge in [-0.25, -0.2) is 23.0 Å². The summed E-state index contributed by atoms with van der Waals surface area (Å²) in [6.45, 7) is 5.44. The molecule has 0 radical (unpaired) electrons. The minimum atomic E-state index is -4.09. The molecule has 3 aromatic rings. The van der Waals surface area contributed by atoms with E-state index in [0.717, 1.165) is 31.2 Å². The summed E-state index contributed by atoms with van der Waals surface area (Å²) in [6.07, 6.45) is 3.18. The summed E-state index contributed by atoms with van der Waals surface area (Å²) < 4.78 is 29.5.